The number of sulfone groups is 1. The van der Waals surface area contributed by atoms with Gasteiger partial charge in [0.1, 0.15) is 0 Å². The fourth-order valence-corrected chi connectivity index (χ4v) is 4.64. The lowest BCUT2D eigenvalue weighted by atomic mass is 10.1. The molecule has 2 aromatic rings. The standard InChI is InChI=1S/C17H20N2O5S/c1-11-3-5-14(6-4-11)17-19-18-16(24-17)12(2)23-15(20)9-13-7-8-25(21,22)10-13/h3-6,12-13H,7-10H2,1-2H3. The third-order valence-electron chi connectivity index (χ3n) is 4.18. The zero-order chi connectivity index (χ0) is 18.0. The molecule has 2 heterocycles. The van der Waals surface area contributed by atoms with Crippen molar-refractivity contribution in [3.63, 3.8) is 0 Å². The highest BCUT2D eigenvalue weighted by Gasteiger charge is 2.30. The number of carbonyl (C=O) groups is 1. The normalized spacial score (nSPS) is 20.3. The van der Waals surface area contributed by atoms with E-state index < -0.39 is 21.9 Å². The van der Waals surface area contributed by atoms with Gasteiger partial charge in [0, 0.05) is 12.0 Å². The quantitative estimate of drug-likeness (QED) is 0.751. The Hall–Kier alpha value is -2.22. The van der Waals surface area contributed by atoms with Crippen LogP contribution in [0.15, 0.2) is 28.7 Å². The van der Waals surface area contributed by atoms with E-state index in [9.17, 15) is 13.2 Å². The molecule has 1 aromatic heterocycles. The lowest BCUT2D eigenvalue weighted by Crippen LogP contribution is -2.15. The lowest BCUT2D eigenvalue weighted by Gasteiger charge is -2.11. The molecule has 0 amide bonds. The van der Waals surface area contributed by atoms with Crippen LogP contribution in [-0.4, -0.2) is 36.1 Å². The first-order chi connectivity index (χ1) is 11.8. The second-order valence-electron chi connectivity index (χ2n) is 6.42. The van der Waals surface area contributed by atoms with Gasteiger partial charge in [-0.1, -0.05) is 17.7 Å². The number of esters is 1. The summed E-state index contributed by atoms with van der Waals surface area (Å²) in [5, 5.41) is 7.91. The number of rotatable bonds is 5. The van der Waals surface area contributed by atoms with Crippen LogP contribution < -0.4 is 0 Å². The highest BCUT2D eigenvalue weighted by atomic mass is 32.2. The molecule has 2 atom stereocenters. The molecule has 1 saturated heterocycles. The number of carbonyl (C=O) groups excluding carboxylic acids is 1. The number of hydrogen-bond donors (Lipinski definition) is 0. The Labute approximate surface area is 146 Å². The van der Waals surface area contributed by atoms with Crippen molar-refractivity contribution in [1.82, 2.24) is 10.2 Å². The van der Waals surface area contributed by atoms with E-state index in [2.05, 4.69) is 10.2 Å². The molecule has 2 unspecified atom stereocenters. The Kier molecular flexibility index (Phi) is 4.89. The number of aryl methyl sites for hydroxylation is 1. The number of aromatic nitrogens is 2. The smallest absolute Gasteiger partial charge is 0.306 e. The second-order valence-corrected chi connectivity index (χ2v) is 8.65. The van der Waals surface area contributed by atoms with Crippen LogP contribution in [0.1, 0.15) is 37.3 Å². The van der Waals surface area contributed by atoms with Gasteiger partial charge >= 0.3 is 5.97 Å². The molecule has 3 rings (SSSR count). The number of ether oxygens (including phenoxy) is 1. The minimum atomic E-state index is -3.00. The second kappa shape index (κ2) is 6.95. The van der Waals surface area contributed by atoms with Crippen LogP contribution >= 0.6 is 0 Å². The van der Waals surface area contributed by atoms with Gasteiger partial charge < -0.3 is 9.15 Å². The van der Waals surface area contributed by atoms with Crippen LogP contribution in [0.5, 0.6) is 0 Å². The summed E-state index contributed by atoms with van der Waals surface area (Å²) in [6.45, 7) is 3.63. The van der Waals surface area contributed by atoms with E-state index in [4.69, 9.17) is 9.15 Å². The summed E-state index contributed by atoms with van der Waals surface area (Å²) < 4.78 is 33.8. The summed E-state index contributed by atoms with van der Waals surface area (Å²) in [5.41, 5.74) is 1.92. The first-order valence-corrected chi connectivity index (χ1v) is 9.95. The Morgan fingerprint density at radius 3 is 2.68 bits per heavy atom. The van der Waals surface area contributed by atoms with E-state index in [1.54, 1.807) is 6.92 Å². The summed E-state index contributed by atoms with van der Waals surface area (Å²) in [6.07, 6.45) is -0.0934. The number of benzene rings is 1. The lowest BCUT2D eigenvalue weighted by molar-refractivity contribution is -0.150. The van der Waals surface area contributed by atoms with Gasteiger partial charge in [-0.2, -0.15) is 0 Å². The van der Waals surface area contributed by atoms with Crippen LogP contribution in [0.4, 0.5) is 0 Å². The van der Waals surface area contributed by atoms with Crippen molar-refractivity contribution in [3.8, 4) is 11.5 Å². The molecule has 1 aliphatic rings. The van der Waals surface area contributed by atoms with Crippen molar-refractivity contribution < 1.29 is 22.4 Å². The van der Waals surface area contributed by atoms with Crippen molar-refractivity contribution in [2.45, 2.75) is 32.8 Å². The van der Waals surface area contributed by atoms with Crippen LogP contribution in [-0.2, 0) is 19.4 Å². The van der Waals surface area contributed by atoms with Gasteiger partial charge in [0.2, 0.25) is 5.89 Å². The average molecular weight is 364 g/mol. The molecule has 0 N–H and O–H groups in total. The van der Waals surface area contributed by atoms with Crippen molar-refractivity contribution in [2.75, 3.05) is 11.5 Å². The van der Waals surface area contributed by atoms with E-state index in [1.165, 1.54) is 0 Å². The fraction of sp³-hybridized carbons (Fsp3) is 0.471. The SMILES string of the molecule is Cc1ccc(-c2nnc(C(C)OC(=O)CC3CCS(=O)(=O)C3)o2)cc1. The maximum absolute atomic E-state index is 12.0. The molecule has 0 aliphatic carbocycles. The van der Waals surface area contributed by atoms with Crippen molar-refractivity contribution in [1.29, 1.82) is 0 Å². The van der Waals surface area contributed by atoms with E-state index in [-0.39, 0.29) is 29.7 Å². The predicted octanol–water partition coefficient (Wildman–Crippen LogP) is 2.47. The zero-order valence-electron chi connectivity index (χ0n) is 14.1. The van der Waals surface area contributed by atoms with Crippen LogP contribution in [0.25, 0.3) is 11.5 Å². The fourth-order valence-electron chi connectivity index (χ4n) is 2.78. The Morgan fingerprint density at radius 2 is 2.04 bits per heavy atom. The predicted molar refractivity (Wildman–Crippen MR) is 90.4 cm³/mol. The third kappa shape index (κ3) is 4.45. The molecule has 1 aliphatic heterocycles. The molecule has 1 fully saturated rings. The average Bonchev–Trinajstić information content (AvgIpc) is 3.15. The van der Waals surface area contributed by atoms with Crippen molar-refractivity contribution in [3.05, 3.63) is 35.7 Å². The highest BCUT2D eigenvalue weighted by Crippen LogP contribution is 2.25. The Balaban J connectivity index is 1.59. The molecule has 1 aromatic carbocycles. The van der Waals surface area contributed by atoms with E-state index in [0.717, 1.165) is 11.1 Å². The minimum Gasteiger partial charge on any atom is -0.453 e. The zero-order valence-corrected chi connectivity index (χ0v) is 15.0. The molecule has 25 heavy (non-hydrogen) atoms. The van der Waals surface area contributed by atoms with Crippen LogP contribution in [0, 0.1) is 12.8 Å². The van der Waals surface area contributed by atoms with Gasteiger partial charge in [-0.25, -0.2) is 8.42 Å². The topological polar surface area (TPSA) is 99.4 Å². The van der Waals surface area contributed by atoms with E-state index in [0.29, 0.717) is 12.3 Å². The summed E-state index contributed by atoms with van der Waals surface area (Å²) >= 11 is 0. The summed E-state index contributed by atoms with van der Waals surface area (Å²) in [6, 6.07) is 7.64. The molecule has 7 nitrogen and oxygen atoms in total. The largest absolute Gasteiger partial charge is 0.453 e. The molecule has 0 bridgehead atoms. The molecular formula is C17H20N2O5S. The molecule has 0 saturated carbocycles. The van der Waals surface area contributed by atoms with Crippen molar-refractivity contribution >= 4 is 15.8 Å². The van der Waals surface area contributed by atoms with Gasteiger partial charge in [-0.3, -0.25) is 4.79 Å². The summed E-state index contributed by atoms with van der Waals surface area (Å²) in [5.74, 6) is 0.140. The van der Waals surface area contributed by atoms with Gasteiger partial charge in [-0.15, -0.1) is 10.2 Å². The van der Waals surface area contributed by atoms with Gasteiger partial charge in [0.25, 0.3) is 5.89 Å². The highest BCUT2D eigenvalue weighted by molar-refractivity contribution is 7.91. The van der Waals surface area contributed by atoms with E-state index >= 15 is 0 Å². The molecular weight excluding hydrogens is 344 g/mol. The van der Waals surface area contributed by atoms with Crippen LogP contribution in [0.2, 0.25) is 0 Å². The van der Waals surface area contributed by atoms with Gasteiger partial charge in [0.05, 0.1) is 11.5 Å². The summed E-state index contributed by atoms with van der Waals surface area (Å²) in [4.78, 5) is 12.0. The molecule has 0 spiro atoms. The maximum atomic E-state index is 12.0. The minimum absolute atomic E-state index is 0.0502. The van der Waals surface area contributed by atoms with E-state index in [1.807, 2.05) is 31.2 Å². The monoisotopic (exact) mass is 364 g/mol. The van der Waals surface area contributed by atoms with Gasteiger partial charge in [0.15, 0.2) is 15.9 Å². The number of nitrogens with zero attached hydrogens (tertiary/aromatic N) is 2. The van der Waals surface area contributed by atoms with Crippen molar-refractivity contribution in [2.24, 2.45) is 5.92 Å². The first-order valence-electron chi connectivity index (χ1n) is 8.13. The summed E-state index contributed by atoms with van der Waals surface area (Å²) in [7, 11) is -3.00. The van der Waals surface area contributed by atoms with Crippen LogP contribution in [0.3, 0.4) is 0 Å². The Morgan fingerprint density at radius 1 is 1.32 bits per heavy atom. The Bertz CT molecular complexity index is 857. The first kappa shape index (κ1) is 17.6. The molecule has 0 radical (unpaired) electrons. The molecule has 134 valence electrons. The molecule has 8 heteroatoms. The number of hydrogen-bond acceptors (Lipinski definition) is 7. The van der Waals surface area contributed by atoms with Gasteiger partial charge in [-0.05, 0) is 38.3 Å². The maximum Gasteiger partial charge on any atom is 0.306 e. The third-order valence-corrected chi connectivity index (χ3v) is 6.01.